The first kappa shape index (κ1) is 31.5. The summed E-state index contributed by atoms with van der Waals surface area (Å²) < 4.78 is 5.61. The Labute approximate surface area is 222 Å². The van der Waals surface area contributed by atoms with Gasteiger partial charge in [0.2, 0.25) is 5.91 Å². The molecular weight excluding hydrogens is 470 g/mol. The van der Waals surface area contributed by atoms with Gasteiger partial charge in [-0.3, -0.25) is 4.79 Å². The number of allylic oxidation sites excluding steroid dienone is 5. The molecule has 0 aliphatic rings. The fourth-order valence-corrected chi connectivity index (χ4v) is 3.64. The number of amides is 1. The Kier molecular flexibility index (Phi) is 19.0. The van der Waals surface area contributed by atoms with E-state index in [0.717, 1.165) is 49.0 Å². The van der Waals surface area contributed by atoms with Crippen LogP contribution in [0.1, 0.15) is 39.5 Å². The number of hydrogen-bond acceptors (Lipinski definition) is 7. The molecule has 0 fully saturated rings. The first-order valence-corrected chi connectivity index (χ1v) is 13.8. The summed E-state index contributed by atoms with van der Waals surface area (Å²) in [5, 5.41) is 10.9. The molecule has 0 saturated carbocycles. The molecule has 36 heavy (non-hydrogen) atoms. The standard InChI is InChI=1S/C28H45N5O2S/c1-5-13-26(30-24-29-18-10-7-11-19-33(3)4)15-12-14-25(2)22-31-32-28(34)23-36-21-20-35-27-16-8-6-9-17-27/h5-6,8-9,13-17,22,29-30H,7,10-12,18-21,23-24H2,1-4H3,(H,32,34)/b13-5-,25-14+,26-15?,31-22+. The van der Waals surface area contributed by atoms with E-state index in [1.807, 2.05) is 50.3 Å². The van der Waals surface area contributed by atoms with Gasteiger partial charge in [-0.05, 0) is 84.1 Å². The zero-order valence-corrected chi connectivity index (χ0v) is 23.3. The largest absolute Gasteiger partial charge is 0.493 e. The van der Waals surface area contributed by atoms with Crippen molar-refractivity contribution in [2.75, 3.05) is 52.0 Å². The van der Waals surface area contributed by atoms with Crippen molar-refractivity contribution in [3.8, 4) is 5.75 Å². The first-order chi connectivity index (χ1) is 17.5. The lowest BCUT2D eigenvalue weighted by atomic mass is 10.2. The second kappa shape index (κ2) is 21.7. The summed E-state index contributed by atoms with van der Waals surface area (Å²) in [6, 6.07) is 9.67. The molecule has 3 N–H and O–H groups in total. The van der Waals surface area contributed by atoms with E-state index >= 15 is 0 Å². The van der Waals surface area contributed by atoms with Crippen LogP contribution in [0.25, 0.3) is 0 Å². The summed E-state index contributed by atoms with van der Waals surface area (Å²) in [4.78, 5) is 14.1. The maximum absolute atomic E-state index is 11.9. The Morgan fingerprint density at radius 1 is 1.14 bits per heavy atom. The number of benzene rings is 1. The van der Waals surface area contributed by atoms with E-state index in [1.165, 1.54) is 31.0 Å². The third-order valence-corrected chi connectivity index (χ3v) is 5.85. The maximum Gasteiger partial charge on any atom is 0.250 e. The topological polar surface area (TPSA) is 78.0 Å². The van der Waals surface area contributed by atoms with Crippen molar-refractivity contribution in [1.82, 2.24) is 21.0 Å². The van der Waals surface area contributed by atoms with Gasteiger partial charge in [-0.15, -0.1) is 11.8 Å². The predicted octanol–water partition coefficient (Wildman–Crippen LogP) is 4.57. The van der Waals surface area contributed by atoms with Gasteiger partial charge in [0.15, 0.2) is 0 Å². The Morgan fingerprint density at radius 3 is 2.69 bits per heavy atom. The number of rotatable bonds is 20. The van der Waals surface area contributed by atoms with Crippen molar-refractivity contribution in [2.45, 2.75) is 39.5 Å². The highest BCUT2D eigenvalue weighted by atomic mass is 32.2. The van der Waals surface area contributed by atoms with E-state index in [4.69, 9.17) is 4.74 Å². The molecule has 0 aliphatic carbocycles. The molecule has 200 valence electrons. The molecule has 1 aromatic carbocycles. The number of carbonyl (C=O) groups excluding carboxylic acids is 1. The highest BCUT2D eigenvalue weighted by Gasteiger charge is 2.00. The Hall–Kier alpha value is -2.55. The molecule has 8 heteroatoms. The highest BCUT2D eigenvalue weighted by molar-refractivity contribution is 7.99. The lowest BCUT2D eigenvalue weighted by molar-refractivity contribution is -0.118. The second-order valence-corrected chi connectivity index (χ2v) is 9.67. The lowest BCUT2D eigenvalue weighted by Crippen LogP contribution is -2.28. The van der Waals surface area contributed by atoms with E-state index in [1.54, 1.807) is 6.21 Å². The van der Waals surface area contributed by atoms with Crippen LogP contribution in [0.15, 0.2) is 71.0 Å². The van der Waals surface area contributed by atoms with Crippen LogP contribution in [0, 0.1) is 0 Å². The molecule has 0 spiro atoms. The van der Waals surface area contributed by atoms with Crippen LogP contribution in [-0.4, -0.2) is 69.0 Å². The Morgan fingerprint density at radius 2 is 1.94 bits per heavy atom. The summed E-state index contributed by atoms with van der Waals surface area (Å²) in [5.74, 6) is 1.82. The predicted molar refractivity (Wildman–Crippen MR) is 156 cm³/mol. The third-order valence-electron chi connectivity index (χ3n) is 4.93. The fourth-order valence-electron chi connectivity index (χ4n) is 3.05. The number of thioether (sulfide) groups is 1. The van der Waals surface area contributed by atoms with E-state index < -0.39 is 0 Å². The number of para-hydroxylation sites is 1. The van der Waals surface area contributed by atoms with Crippen LogP contribution in [0.4, 0.5) is 0 Å². The van der Waals surface area contributed by atoms with E-state index in [0.29, 0.717) is 12.4 Å². The lowest BCUT2D eigenvalue weighted by Gasteiger charge is -2.10. The molecule has 0 radical (unpaired) electrons. The number of unbranched alkanes of at least 4 members (excludes halogenated alkanes) is 2. The van der Waals surface area contributed by atoms with Crippen molar-refractivity contribution in [2.24, 2.45) is 5.10 Å². The van der Waals surface area contributed by atoms with E-state index in [9.17, 15) is 4.79 Å². The van der Waals surface area contributed by atoms with Crippen LogP contribution in [0.3, 0.4) is 0 Å². The van der Waals surface area contributed by atoms with Crippen LogP contribution in [0.2, 0.25) is 0 Å². The van der Waals surface area contributed by atoms with Gasteiger partial charge in [0, 0.05) is 17.7 Å². The summed E-state index contributed by atoms with van der Waals surface area (Å²) in [6.07, 6.45) is 14.5. The number of nitrogens with zero attached hydrogens (tertiary/aromatic N) is 2. The number of ether oxygens (including phenoxy) is 1. The van der Waals surface area contributed by atoms with Gasteiger partial charge >= 0.3 is 0 Å². The molecule has 1 amide bonds. The monoisotopic (exact) mass is 515 g/mol. The summed E-state index contributed by atoms with van der Waals surface area (Å²) in [6.45, 7) is 7.47. The van der Waals surface area contributed by atoms with Crippen LogP contribution < -0.4 is 20.8 Å². The number of hydrazone groups is 1. The molecule has 0 bridgehead atoms. The molecule has 7 nitrogen and oxygen atoms in total. The first-order valence-electron chi connectivity index (χ1n) is 12.7. The van der Waals surface area contributed by atoms with Gasteiger partial charge in [-0.2, -0.15) is 5.10 Å². The Balaban J connectivity index is 2.18. The second-order valence-electron chi connectivity index (χ2n) is 8.57. The van der Waals surface area contributed by atoms with Gasteiger partial charge < -0.3 is 20.3 Å². The summed E-state index contributed by atoms with van der Waals surface area (Å²) in [5.41, 5.74) is 4.65. The normalized spacial score (nSPS) is 12.6. The quantitative estimate of drug-likeness (QED) is 0.0777. The van der Waals surface area contributed by atoms with Gasteiger partial charge in [0.1, 0.15) is 5.75 Å². The maximum atomic E-state index is 11.9. The third kappa shape index (κ3) is 18.7. The number of nitrogens with one attached hydrogen (secondary N) is 3. The van der Waals surface area contributed by atoms with Gasteiger partial charge in [-0.1, -0.05) is 42.8 Å². The zero-order valence-electron chi connectivity index (χ0n) is 22.5. The number of carbonyl (C=O) groups is 1. The van der Waals surface area contributed by atoms with Gasteiger partial charge in [0.05, 0.1) is 19.0 Å². The zero-order chi connectivity index (χ0) is 26.3. The fraction of sp³-hybridized carbons (Fsp3) is 0.500. The van der Waals surface area contributed by atoms with Crippen LogP contribution in [-0.2, 0) is 4.79 Å². The average molecular weight is 516 g/mol. The van der Waals surface area contributed by atoms with Crippen molar-refractivity contribution in [3.05, 3.63) is 65.9 Å². The van der Waals surface area contributed by atoms with Crippen molar-refractivity contribution >= 4 is 23.9 Å². The van der Waals surface area contributed by atoms with Gasteiger partial charge in [0.25, 0.3) is 0 Å². The van der Waals surface area contributed by atoms with Crippen molar-refractivity contribution < 1.29 is 9.53 Å². The smallest absolute Gasteiger partial charge is 0.250 e. The molecule has 0 unspecified atom stereocenters. The molecule has 1 aromatic rings. The minimum atomic E-state index is -0.117. The van der Waals surface area contributed by atoms with E-state index in [2.05, 4.69) is 58.4 Å². The molecule has 0 aromatic heterocycles. The summed E-state index contributed by atoms with van der Waals surface area (Å²) >= 11 is 1.52. The average Bonchev–Trinajstić information content (AvgIpc) is 2.85. The molecule has 0 atom stereocenters. The van der Waals surface area contributed by atoms with E-state index in [-0.39, 0.29) is 5.91 Å². The summed E-state index contributed by atoms with van der Waals surface area (Å²) in [7, 11) is 4.23. The van der Waals surface area contributed by atoms with Crippen LogP contribution >= 0.6 is 11.8 Å². The molecule has 0 aliphatic heterocycles. The van der Waals surface area contributed by atoms with Gasteiger partial charge in [-0.25, -0.2) is 5.43 Å². The molecule has 0 saturated heterocycles. The molecule has 0 heterocycles. The Bertz CT molecular complexity index is 822. The van der Waals surface area contributed by atoms with Crippen LogP contribution in [0.5, 0.6) is 5.75 Å². The SMILES string of the molecule is C/C=C\C(=CC/C=C(C)/C=N/NC(=O)CSCCOc1ccccc1)NCNCCCCCN(C)C. The minimum Gasteiger partial charge on any atom is -0.493 e. The van der Waals surface area contributed by atoms with Crippen molar-refractivity contribution in [1.29, 1.82) is 0 Å². The number of hydrogen-bond donors (Lipinski definition) is 3. The molecule has 1 rings (SSSR count). The van der Waals surface area contributed by atoms with Crippen molar-refractivity contribution in [3.63, 3.8) is 0 Å². The minimum absolute atomic E-state index is 0.117. The molecular formula is C28H45N5O2S. The highest BCUT2D eigenvalue weighted by Crippen LogP contribution is 2.09.